The molecule has 0 saturated carbocycles. The van der Waals surface area contributed by atoms with Gasteiger partial charge in [-0.25, -0.2) is 0 Å². The number of hydrogen-bond acceptors (Lipinski definition) is 7. The number of imide groups is 1. The molecular formula is C27H23ClINO6S. The van der Waals surface area contributed by atoms with E-state index in [2.05, 4.69) is 22.6 Å². The van der Waals surface area contributed by atoms with Crippen molar-refractivity contribution in [2.45, 2.75) is 6.61 Å². The SMILES string of the molecule is COc1ccccc1OCCN1C(=O)S/C(=C\c2cc(I)c(OCc3ccc(Cl)cc3)c(OC)c2)C1=O. The van der Waals surface area contributed by atoms with Gasteiger partial charge in [-0.2, -0.15) is 0 Å². The van der Waals surface area contributed by atoms with Crippen LogP contribution in [0, 0.1) is 3.57 Å². The number of thioether (sulfide) groups is 1. The lowest BCUT2D eigenvalue weighted by atomic mass is 10.1. The number of methoxy groups -OCH3 is 2. The molecule has 10 heteroatoms. The van der Waals surface area contributed by atoms with Crippen LogP contribution in [0.1, 0.15) is 11.1 Å². The average molecular weight is 652 g/mol. The van der Waals surface area contributed by atoms with E-state index < -0.39 is 0 Å². The zero-order chi connectivity index (χ0) is 26.4. The number of benzene rings is 3. The van der Waals surface area contributed by atoms with Gasteiger partial charge in [-0.1, -0.05) is 35.9 Å². The number of carbonyl (C=O) groups excluding carboxylic acids is 2. The molecule has 0 bridgehead atoms. The smallest absolute Gasteiger partial charge is 0.293 e. The zero-order valence-corrected chi connectivity index (χ0v) is 23.8. The largest absolute Gasteiger partial charge is 0.493 e. The Balaban J connectivity index is 1.43. The number of nitrogens with zero attached hydrogens (tertiary/aromatic N) is 1. The minimum absolute atomic E-state index is 0.123. The normalized spacial score (nSPS) is 14.3. The summed E-state index contributed by atoms with van der Waals surface area (Å²) in [6.07, 6.45) is 1.68. The molecule has 192 valence electrons. The third-order valence-corrected chi connectivity index (χ3v) is 7.32. The monoisotopic (exact) mass is 651 g/mol. The Morgan fingerprint density at radius 3 is 2.35 bits per heavy atom. The van der Waals surface area contributed by atoms with Crippen molar-refractivity contribution in [2.75, 3.05) is 27.4 Å². The Labute approximate surface area is 237 Å². The van der Waals surface area contributed by atoms with Gasteiger partial charge in [0.05, 0.1) is 29.2 Å². The van der Waals surface area contributed by atoms with Gasteiger partial charge in [0.15, 0.2) is 23.0 Å². The van der Waals surface area contributed by atoms with Gasteiger partial charge in [0.1, 0.15) is 13.2 Å². The molecule has 1 aliphatic heterocycles. The van der Waals surface area contributed by atoms with Crippen molar-refractivity contribution in [2.24, 2.45) is 0 Å². The van der Waals surface area contributed by atoms with Gasteiger partial charge < -0.3 is 18.9 Å². The molecule has 1 saturated heterocycles. The molecule has 0 spiro atoms. The van der Waals surface area contributed by atoms with E-state index in [1.807, 2.05) is 42.5 Å². The number of amides is 2. The molecule has 37 heavy (non-hydrogen) atoms. The van der Waals surface area contributed by atoms with Crippen LogP contribution in [0.25, 0.3) is 6.08 Å². The third kappa shape index (κ3) is 6.71. The van der Waals surface area contributed by atoms with E-state index in [0.29, 0.717) is 39.5 Å². The lowest BCUT2D eigenvalue weighted by molar-refractivity contribution is -0.123. The van der Waals surface area contributed by atoms with Crippen molar-refractivity contribution < 1.29 is 28.5 Å². The first kappa shape index (κ1) is 27.2. The molecule has 3 aromatic carbocycles. The maximum Gasteiger partial charge on any atom is 0.293 e. The maximum absolute atomic E-state index is 12.9. The lowest BCUT2D eigenvalue weighted by Crippen LogP contribution is -2.32. The molecule has 1 heterocycles. The Kier molecular flexibility index (Phi) is 9.23. The molecule has 0 radical (unpaired) electrons. The minimum atomic E-state index is -0.365. The van der Waals surface area contributed by atoms with Crippen LogP contribution in [0.2, 0.25) is 5.02 Å². The van der Waals surface area contributed by atoms with Crippen LogP contribution in [-0.2, 0) is 11.4 Å². The Hall–Kier alpha value is -2.89. The molecule has 3 aromatic rings. The zero-order valence-electron chi connectivity index (χ0n) is 20.0. The fourth-order valence-corrected chi connectivity index (χ4v) is 5.30. The number of halogens is 2. The first-order valence-electron chi connectivity index (χ1n) is 11.2. The average Bonchev–Trinajstić information content (AvgIpc) is 3.16. The van der Waals surface area contributed by atoms with Crippen LogP contribution in [0.3, 0.4) is 0 Å². The third-order valence-electron chi connectivity index (χ3n) is 5.36. The molecule has 4 rings (SSSR count). The van der Waals surface area contributed by atoms with E-state index in [-0.39, 0.29) is 24.3 Å². The van der Waals surface area contributed by atoms with Crippen molar-refractivity contribution >= 4 is 63.2 Å². The van der Waals surface area contributed by atoms with Crippen LogP contribution in [0.5, 0.6) is 23.0 Å². The molecule has 0 N–H and O–H groups in total. The topological polar surface area (TPSA) is 74.3 Å². The number of ether oxygens (including phenoxy) is 4. The fourth-order valence-electron chi connectivity index (χ4n) is 3.53. The van der Waals surface area contributed by atoms with E-state index in [0.717, 1.165) is 26.5 Å². The predicted octanol–water partition coefficient (Wildman–Crippen LogP) is 6.66. The highest BCUT2D eigenvalue weighted by Crippen LogP contribution is 2.38. The van der Waals surface area contributed by atoms with Crippen molar-refractivity contribution in [3.8, 4) is 23.0 Å². The van der Waals surface area contributed by atoms with E-state index in [1.54, 1.807) is 38.5 Å². The summed E-state index contributed by atoms with van der Waals surface area (Å²) in [5.41, 5.74) is 1.69. The highest BCUT2D eigenvalue weighted by atomic mass is 127. The number of para-hydroxylation sites is 2. The van der Waals surface area contributed by atoms with Crippen LogP contribution in [0.15, 0.2) is 65.6 Å². The Bertz CT molecular complexity index is 1330. The van der Waals surface area contributed by atoms with E-state index in [9.17, 15) is 9.59 Å². The van der Waals surface area contributed by atoms with Crippen molar-refractivity contribution in [3.05, 3.63) is 85.3 Å². The molecule has 0 aliphatic carbocycles. The summed E-state index contributed by atoms with van der Waals surface area (Å²) in [5.74, 6) is 1.89. The predicted molar refractivity (Wildman–Crippen MR) is 153 cm³/mol. The Morgan fingerprint density at radius 1 is 0.946 bits per heavy atom. The van der Waals surface area contributed by atoms with Gasteiger partial charge in [-0.3, -0.25) is 14.5 Å². The summed E-state index contributed by atoms with van der Waals surface area (Å²) in [4.78, 5) is 27.0. The number of rotatable bonds is 10. The standard InChI is InChI=1S/C27H23ClINO6S/c1-33-21-5-3-4-6-22(21)35-12-11-30-26(31)24(37-27(30)32)15-18-13-20(29)25(23(14-18)34-2)36-16-17-7-9-19(28)10-8-17/h3-10,13-15H,11-12,16H2,1-2H3/b24-15-. The maximum atomic E-state index is 12.9. The number of carbonyl (C=O) groups is 2. The van der Waals surface area contributed by atoms with E-state index in [1.165, 1.54) is 4.90 Å². The van der Waals surface area contributed by atoms with Crippen LogP contribution in [-0.4, -0.2) is 43.4 Å². The van der Waals surface area contributed by atoms with Gasteiger partial charge >= 0.3 is 0 Å². The molecular weight excluding hydrogens is 629 g/mol. The van der Waals surface area contributed by atoms with Gasteiger partial charge in [0.25, 0.3) is 11.1 Å². The van der Waals surface area contributed by atoms with Gasteiger partial charge in [-0.05, 0) is 88.0 Å². The van der Waals surface area contributed by atoms with Gasteiger partial charge in [0.2, 0.25) is 0 Å². The first-order chi connectivity index (χ1) is 17.9. The van der Waals surface area contributed by atoms with Crippen LogP contribution >= 0.6 is 46.0 Å². The lowest BCUT2D eigenvalue weighted by Gasteiger charge is -2.15. The van der Waals surface area contributed by atoms with Crippen molar-refractivity contribution in [1.82, 2.24) is 4.90 Å². The molecule has 1 aliphatic rings. The van der Waals surface area contributed by atoms with Crippen molar-refractivity contribution in [1.29, 1.82) is 0 Å². The van der Waals surface area contributed by atoms with Gasteiger partial charge in [-0.15, -0.1) is 0 Å². The molecule has 0 unspecified atom stereocenters. The second-order valence-electron chi connectivity index (χ2n) is 7.78. The molecule has 7 nitrogen and oxygen atoms in total. The quantitative estimate of drug-likeness (QED) is 0.179. The summed E-state index contributed by atoms with van der Waals surface area (Å²) >= 11 is 9.01. The van der Waals surface area contributed by atoms with Crippen molar-refractivity contribution in [3.63, 3.8) is 0 Å². The van der Waals surface area contributed by atoms with Gasteiger partial charge in [0, 0.05) is 5.02 Å². The number of hydrogen-bond donors (Lipinski definition) is 0. The highest BCUT2D eigenvalue weighted by molar-refractivity contribution is 14.1. The molecule has 0 atom stereocenters. The summed E-state index contributed by atoms with van der Waals surface area (Å²) in [7, 11) is 3.11. The second-order valence-corrected chi connectivity index (χ2v) is 10.4. The minimum Gasteiger partial charge on any atom is -0.493 e. The van der Waals surface area contributed by atoms with Crippen LogP contribution in [0.4, 0.5) is 4.79 Å². The summed E-state index contributed by atoms with van der Waals surface area (Å²) in [5, 5.41) is 0.318. The fraction of sp³-hybridized carbons (Fsp3) is 0.185. The van der Waals surface area contributed by atoms with E-state index >= 15 is 0 Å². The second kappa shape index (κ2) is 12.6. The highest BCUT2D eigenvalue weighted by Gasteiger charge is 2.35. The molecule has 1 fully saturated rings. The molecule has 0 aromatic heterocycles. The van der Waals surface area contributed by atoms with Crippen LogP contribution < -0.4 is 18.9 Å². The first-order valence-corrected chi connectivity index (χ1v) is 13.4. The van der Waals surface area contributed by atoms with E-state index in [4.69, 9.17) is 30.5 Å². The molecule has 2 amide bonds. The summed E-state index contributed by atoms with van der Waals surface area (Å²) < 4.78 is 23.3. The Morgan fingerprint density at radius 2 is 1.65 bits per heavy atom. The summed E-state index contributed by atoms with van der Waals surface area (Å²) in [6, 6.07) is 18.3. The summed E-state index contributed by atoms with van der Waals surface area (Å²) in [6.45, 7) is 0.619.